The van der Waals surface area contributed by atoms with Gasteiger partial charge in [0, 0.05) is 6.07 Å². The number of carbonyl (C=O) groups excluding carboxylic acids is 1. The van der Waals surface area contributed by atoms with Gasteiger partial charge in [-0.15, -0.1) is 0 Å². The lowest BCUT2D eigenvalue weighted by atomic mass is 10.1. The Hall–Kier alpha value is -1.26. The van der Waals surface area contributed by atoms with E-state index in [2.05, 4.69) is 5.32 Å². The predicted octanol–water partition coefficient (Wildman–Crippen LogP) is 2.41. The second-order valence-corrected chi connectivity index (χ2v) is 4.14. The second kappa shape index (κ2) is 6.47. The van der Waals surface area contributed by atoms with E-state index in [9.17, 15) is 4.79 Å². The van der Waals surface area contributed by atoms with Crippen molar-refractivity contribution < 1.29 is 9.53 Å². The SMILES string of the molecule is CCC[C@@H](N)C(=O)Nc1cc(OC)ccc1Cl. The molecule has 0 aliphatic carbocycles. The topological polar surface area (TPSA) is 64.4 Å². The van der Waals surface area contributed by atoms with E-state index < -0.39 is 6.04 Å². The highest BCUT2D eigenvalue weighted by molar-refractivity contribution is 6.33. The molecule has 1 aromatic carbocycles. The van der Waals surface area contributed by atoms with Crippen LogP contribution in [0.1, 0.15) is 19.8 Å². The monoisotopic (exact) mass is 256 g/mol. The number of hydrogen-bond acceptors (Lipinski definition) is 3. The molecule has 1 atom stereocenters. The van der Waals surface area contributed by atoms with E-state index in [1.165, 1.54) is 0 Å². The number of rotatable bonds is 5. The van der Waals surface area contributed by atoms with Crippen LogP contribution in [0.3, 0.4) is 0 Å². The Bertz CT molecular complexity index is 396. The molecule has 1 amide bonds. The Morgan fingerprint density at radius 3 is 2.88 bits per heavy atom. The molecule has 1 aromatic rings. The molecule has 0 aliphatic heterocycles. The quantitative estimate of drug-likeness (QED) is 0.850. The van der Waals surface area contributed by atoms with Crippen molar-refractivity contribution in [3.8, 4) is 5.75 Å². The molecule has 5 heteroatoms. The minimum absolute atomic E-state index is 0.234. The molecule has 0 heterocycles. The molecular formula is C12H17ClN2O2. The Kier molecular flexibility index (Phi) is 5.25. The third kappa shape index (κ3) is 3.91. The first kappa shape index (κ1) is 13.8. The first-order chi connectivity index (χ1) is 8.08. The van der Waals surface area contributed by atoms with Gasteiger partial charge >= 0.3 is 0 Å². The number of benzene rings is 1. The fourth-order valence-corrected chi connectivity index (χ4v) is 1.56. The van der Waals surface area contributed by atoms with Gasteiger partial charge in [-0.25, -0.2) is 0 Å². The van der Waals surface area contributed by atoms with E-state index >= 15 is 0 Å². The van der Waals surface area contributed by atoms with Gasteiger partial charge in [0.05, 0.1) is 23.9 Å². The number of methoxy groups -OCH3 is 1. The lowest BCUT2D eigenvalue weighted by Crippen LogP contribution is -2.35. The highest BCUT2D eigenvalue weighted by Gasteiger charge is 2.14. The van der Waals surface area contributed by atoms with Crippen LogP contribution >= 0.6 is 11.6 Å². The number of ether oxygens (including phenoxy) is 1. The predicted molar refractivity (Wildman–Crippen MR) is 69.5 cm³/mol. The van der Waals surface area contributed by atoms with Crippen LogP contribution in [0.25, 0.3) is 0 Å². The van der Waals surface area contributed by atoms with Crippen molar-refractivity contribution in [3.63, 3.8) is 0 Å². The fourth-order valence-electron chi connectivity index (χ4n) is 1.39. The fraction of sp³-hybridized carbons (Fsp3) is 0.417. The van der Waals surface area contributed by atoms with Crippen LogP contribution in [0.5, 0.6) is 5.75 Å². The summed E-state index contributed by atoms with van der Waals surface area (Å²) >= 11 is 5.97. The Balaban J connectivity index is 2.76. The van der Waals surface area contributed by atoms with Gasteiger partial charge in [0.1, 0.15) is 5.75 Å². The molecule has 0 fully saturated rings. The summed E-state index contributed by atoms with van der Waals surface area (Å²) in [6.07, 6.45) is 1.51. The van der Waals surface area contributed by atoms with Gasteiger partial charge in [-0.3, -0.25) is 4.79 Å². The maximum absolute atomic E-state index is 11.7. The normalized spacial score (nSPS) is 12.0. The Labute approximate surface area is 106 Å². The number of nitrogens with two attached hydrogens (primary N) is 1. The van der Waals surface area contributed by atoms with E-state index in [0.717, 1.165) is 6.42 Å². The zero-order valence-corrected chi connectivity index (χ0v) is 10.8. The molecule has 0 aromatic heterocycles. The molecule has 0 unspecified atom stereocenters. The third-order valence-corrected chi connectivity index (χ3v) is 2.70. The number of amides is 1. The third-order valence-electron chi connectivity index (χ3n) is 2.37. The molecule has 0 radical (unpaired) electrons. The standard InChI is InChI=1S/C12H17ClN2O2/c1-3-4-10(14)12(16)15-11-7-8(17-2)5-6-9(11)13/h5-7,10H,3-4,14H2,1-2H3,(H,15,16)/t10-/m1/s1. The number of halogens is 1. The van der Waals surface area contributed by atoms with Crippen molar-refractivity contribution in [2.24, 2.45) is 5.73 Å². The van der Waals surface area contributed by atoms with Crippen molar-refractivity contribution in [2.75, 3.05) is 12.4 Å². The summed E-state index contributed by atoms with van der Waals surface area (Å²) in [5.74, 6) is 0.399. The van der Waals surface area contributed by atoms with Gasteiger partial charge in [0.2, 0.25) is 5.91 Å². The molecule has 0 spiro atoms. The average molecular weight is 257 g/mol. The van der Waals surface area contributed by atoms with Crippen molar-refractivity contribution >= 4 is 23.2 Å². The molecule has 0 saturated heterocycles. The number of anilines is 1. The van der Waals surface area contributed by atoms with Crippen molar-refractivity contribution in [3.05, 3.63) is 23.2 Å². The average Bonchev–Trinajstić information content (AvgIpc) is 2.32. The molecule has 0 saturated carbocycles. The summed E-state index contributed by atoms with van der Waals surface area (Å²) in [5.41, 5.74) is 6.23. The van der Waals surface area contributed by atoms with Gasteiger partial charge in [0.15, 0.2) is 0 Å². The van der Waals surface area contributed by atoms with E-state index in [0.29, 0.717) is 22.9 Å². The maximum Gasteiger partial charge on any atom is 0.241 e. The van der Waals surface area contributed by atoms with Crippen molar-refractivity contribution in [1.29, 1.82) is 0 Å². The van der Waals surface area contributed by atoms with Gasteiger partial charge < -0.3 is 15.8 Å². The summed E-state index contributed by atoms with van der Waals surface area (Å²) in [4.78, 5) is 11.7. The van der Waals surface area contributed by atoms with Gasteiger partial charge in [0.25, 0.3) is 0 Å². The minimum Gasteiger partial charge on any atom is -0.497 e. The van der Waals surface area contributed by atoms with E-state index in [-0.39, 0.29) is 5.91 Å². The summed E-state index contributed by atoms with van der Waals surface area (Å²) in [7, 11) is 1.55. The van der Waals surface area contributed by atoms with Crippen LogP contribution in [0, 0.1) is 0 Å². The summed E-state index contributed by atoms with van der Waals surface area (Å²) in [6, 6.07) is 4.55. The minimum atomic E-state index is -0.512. The van der Waals surface area contributed by atoms with Crippen LogP contribution in [0.4, 0.5) is 5.69 Å². The van der Waals surface area contributed by atoms with E-state index in [4.69, 9.17) is 22.1 Å². The molecule has 4 nitrogen and oxygen atoms in total. The van der Waals surface area contributed by atoms with E-state index in [1.54, 1.807) is 25.3 Å². The highest BCUT2D eigenvalue weighted by atomic mass is 35.5. The lowest BCUT2D eigenvalue weighted by molar-refractivity contribution is -0.117. The first-order valence-electron chi connectivity index (χ1n) is 5.48. The van der Waals surface area contributed by atoms with Crippen LogP contribution in [-0.4, -0.2) is 19.1 Å². The number of nitrogens with one attached hydrogen (secondary N) is 1. The van der Waals surface area contributed by atoms with Crippen molar-refractivity contribution in [2.45, 2.75) is 25.8 Å². The zero-order valence-electron chi connectivity index (χ0n) is 10.00. The van der Waals surface area contributed by atoms with Crippen LogP contribution in [-0.2, 0) is 4.79 Å². The summed E-state index contributed by atoms with van der Waals surface area (Å²) < 4.78 is 5.06. The summed E-state index contributed by atoms with van der Waals surface area (Å²) in [6.45, 7) is 1.98. The Morgan fingerprint density at radius 1 is 1.59 bits per heavy atom. The van der Waals surface area contributed by atoms with Crippen LogP contribution in [0.2, 0.25) is 5.02 Å². The molecule has 3 N–H and O–H groups in total. The van der Waals surface area contributed by atoms with Gasteiger partial charge in [-0.05, 0) is 18.6 Å². The largest absolute Gasteiger partial charge is 0.497 e. The van der Waals surface area contributed by atoms with Crippen LogP contribution in [0.15, 0.2) is 18.2 Å². The smallest absolute Gasteiger partial charge is 0.241 e. The first-order valence-corrected chi connectivity index (χ1v) is 5.86. The van der Waals surface area contributed by atoms with Crippen molar-refractivity contribution in [1.82, 2.24) is 0 Å². The molecular weight excluding hydrogens is 240 g/mol. The zero-order chi connectivity index (χ0) is 12.8. The van der Waals surface area contributed by atoms with Gasteiger partial charge in [-0.1, -0.05) is 24.9 Å². The second-order valence-electron chi connectivity index (χ2n) is 3.73. The molecule has 1 rings (SSSR count). The molecule has 94 valence electrons. The number of hydrogen-bond donors (Lipinski definition) is 2. The molecule has 17 heavy (non-hydrogen) atoms. The summed E-state index contributed by atoms with van der Waals surface area (Å²) in [5, 5.41) is 3.15. The lowest BCUT2D eigenvalue weighted by Gasteiger charge is -2.13. The van der Waals surface area contributed by atoms with Crippen LogP contribution < -0.4 is 15.8 Å². The maximum atomic E-state index is 11.7. The number of carbonyl (C=O) groups is 1. The van der Waals surface area contributed by atoms with E-state index in [1.807, 2.05) is 6.92 Å². The molecule has 0 aliphatic rings. The molecule has 0 bridgehead atoms. The highest BCUT2D eigenvalue weighted by Crippen LogP contribution is 2.26. The van der Waals surface area contributed by atoms with Gasteiger partial charge in [-0.2, -0.15) is 0 Å². The Morgan fingerprint density at radius 2 is 2.29 bits per heavy atom.